The van der Waals surface area contributed by atoms with Gasteiger partial charge in [0, 0.05) is 18.3 Å². The van der Waals surface area contributed by atoms with E-state index in [-0.39, 0.29) is 0 Å². The van der Waals surface area contributed by atoms with Crippen molar-refractivity contribution in [3.63, 3.8) is 0 Å². The Kier molecular flexibility index (Phi) is 2.92. The maximum absolute atomic E-state index is 4.92. The van der Waals surface area contributed by atoms with E-state index in [4.69, 9.17) is 4.99 Å². The number of allylic oxidation sites excluding steroid dienone is 2. The Morgan fingerprint density at radius 2 is 2.10 bits per heavy atom. The van der Waals surface area contributed by atoms with Gasteiger partial charge < -0.3 is 10.2 Å². The van der Waals surface area contributed by atoms with E-state index in [9.17, 15) is 0 Å². The summed E-state index contributed by atoms with van der Waals surface area (Å²) in [6, 6.07) is 11.5. The monoisotopic (exact) mass is 265 g/mol. The fourth-order valence-corrected chi connectivity index (χ4v) is 3.35. The van der Waals surface area contributed by atoms with Crippen molar-refractivity contribution in [2.75, 3.05) is 13.1 Å². The SMILES string of the molecule is C1=CC2=NC([C@@H]3CCCN3)CN2C(c2ccccc2)=C1. The number of nitrogens with one attached hydrogen (secondary N) is 1. The number of fused-ring (bicyclic) bond motifs is 1. The van der Waals surface area contributed by atoms with Gasteiger partial charge in [0.05, 0.1) is 6.04 Å². The predicted octanol–water partition coefficient (Wildman–Crippen LogP) is 2.43. The molecule has 1 unspecified atom stereocenters. The second-order valence-electron chi connectivity index (χ2n) is 5.65. The van der Waals surface area contributed by atoms with E-state index >= 15 is 0 Å². The fourth-order valence-electron chi connectivity index (χ4n) is 3.35. The highest BCUT2D eigenvalue weighted by molar-refractivity contribution is 6.02. The van der Waals surface area contributed by atoms with Gasteiger partial charge in [0.1, 0.15) is 5.84 Å². The molecule has 3 heteroatoms. The molecule has 1 aromatic rings. The third kappa shape index (κ3) is 1.98. The molecule has 3 aliphatic heterocycles. The van der Waals surface area contributed by atoms with Crippen LogP contribution in [0.4, 0.5) is 0 Å². The lowest BCUT2D eigenvalue weighted by Crippen LogP contribution is -2.37. The topological polar surface area (TPSA) is 27.6 Å². The molecule has 102 valence electrons. The highest BCUT2D eigenvalue weighted by atomic mass is 15.3. The molecule has 0 amide bonds. The average Bonchev–Trinajstić information content (AvgIpc) is 3.16. The summed E-state index contributed by atoms with van der Waals surface area (Å²) in [5.41, 5.74) is 2.54. The summed E-state index contributed by atoms with van der Waals surface area (Å²) in [6.07, 6.45) is 8.97. The zero-order valence-electron chi connectivity index (χ0n) is 11.5. The van der Waals surface area contributed by atoms with Crippen LogP contribution in [0.25, 0.3) is 5.70 Å². The van der Waals surface area contributed by atoms with E-state index in [0.29, 0.717) is 12.1 Å². The van der Waals surface area contributed by atoms with Crippen LogP contribution in [0.15, 0.2) is 53.6 Å². The minimum Gasteiger partial charge on any atom is -0.324 e. The van der Waals surface area contributed by atoms with Gasteiger partial charge in [-0.3, -0.25) is 4.99 Å². The second kappa shape index (κ2) is 4.91. The number of hydrogen-bond acceptors (Lipinski definition) is 3. The highest BCUT2D eigenvalue weighted by Crippen LogP contribution is 2.29. The van der Waals surface area contributed by atoms with Gasteiger partial charge in [0.2, 0.25) is 0 Å². The van der Waals surface area contributed by atoms with Crippen molar-refractivity contribution in [2.45, 2.75) is 24.9 Å². The molecule has 4 rings (SSSR count). The van der Waals surface area contributed by atoms with E-state index in [1.165, 1.54) is 24.1 Å². The Morgan fingerprint density at radius 1 is 1.20 bits per heavy atom. The van der Waals surface area contributed by atoms with Crippen LogP contribution in [0.5, 0.6) is 0 Å². The van der Waals surface area contributed by atoms with Gasteiger partial charge in [-0.05, 0) is 37.1 Å². The molecule has 0 radical (unpaired) electrons. The number of amidine groups is 1. The molecule has 1 aromatic carbocycles. The van der Waals surface area contributed by atoms with E-state index in [2.05, 4.69) is 58.8 Å². The maximum Gasteiger partial charge on any atom is 0.128 e. The lowest BCUT2D eigenvalue weighted by atomic mass is 10.1. The number of aliphatic imine (C=N–C) groups is 1. The number of rotatable bonds is 2. The summed E-state index contributed by atoms with van der Waals surface area (Å²) in [5.74, 6) is 1.12. The molecule has 0 saturated carbocycles. The van der Waals surface area contributed by atoms with Crippen LogP contribution in [-0.4, -0.2) is 35.9 Å². The van der Waals surface area contributed by atoms with E-state index in [1.54, 1.807) is 0 Å². The van der Waals surface area contributed by atoms with Gasteiger partial charge in [-0.1, -0.05) is 36.4 Å². The van der Waals surface area contributed by atoms with Crippen LogP contribution >= 0.6 is 0 Å². The lowest BCUT2D eigenvalue weighted by Gasteiger charge is -2.26. The van der Waals surface area contributed by atoms with Crippen LogP contribution in [0.3, 0.4) is 0 Å². The Balaban J connectivity index is 1.61. The quantitative estimate of drug-likeness (QED) is 0.889. The zero-order valence-corrected chi connectivity index (χ0v) is 11.5. The van der Waals surface area contributed by atoms with Gasteiger partial charge in [-0.15, -0.1) is 0 Å². The first-order valence-electron chi connectivity index (χ1n) is 7.44. The molecular weight excluding hydrogens is 246 g/mol. The van der Waals surface area contributed by atoms with Crippen molar-refractivity contribution in [1.82, 2.24) is 10.2 Å². The second-order valence-corrected chi connectivity index (χ2v) is 5.65. The minimum atomic E-state index is 0.391. The first-order chi connectivity index (χ1) is 9.92. The minimum absolute atomic E-state index is 0.391. The molecule has 0 bridgehead atoms. The Bertz CT molecular complexity index is 580. The van der Waals surface area contributed by atoms with Gasteiger partial charge in [0.15, 0.2) is 0 Å². The summed E-state index contributed by atoms with van der Waals surface area (Å²) in [5, 5.41) is 3.59. The molecule has 1 fully saturated rings. The zero-order chi connectivity index (χ0) is 13.4. The lowest BCUT2D eigenvalue weighted by molar-refractivity contribution is 0.452. The summed E-state index contributed by atoms with van der Waals surface area (Å²) < 4.78 is 0. The van der Waals surface area contributed by atoms with Crippen molar-refractivity contribution >= 4 is 11.5 Å². The highest BCUT2D eigenvalue weighted by Gasteiger charge is 2.34. The van der Waals surface area contributed by atoms with Crippen molar-refractivity contribution in [2.24, 2.45) is 4.99 Å². The molecule has 3 aliphatic rings. The smallest absolute Gasteiger partial charge is 0.128 e. The molecule has 20 heavy (non-hydrogen) atoms. The summed E-state index contributed by atoms with van der Waals surface area (Å²) >= 11 is 0. The molecule has 0 spiro atoms. The molecule has 3 heterocycles. The average molecular weight is 265 g/mol. The van der Waals surface area contributed by atoms with E-state index in [1.807, 2.05) is 0 Å². The molecule has 0 aromatic heterocycles. The van der Waals surface area contributed by atoms with Gasteiger partial charge in [-0.2, -0.15) is 0 Å². The van der Waals surface area contributed by atoms with Crippen molar-refractivity contribution in [1.29, 1.82) is 0 Å². The molecule has 2 atom stereocenters. The van der Waals surface area contributed by atoms with Gasteiger partial charge >= 0.3 is 0 Å². The predicted molar refractivity (Wildman–Crippen MR) is 82.5 cm³/mol. The van der Waals surface area contributed by atoms with Crippen LogP contribution in [0, 0.1) is 0 Å². The number of hydrogen-bond donors (Lipinski definition) is 1. The number of nitrogens with zero attached hydrogens (tertiary/aromatic N) is 2. The van der Waals surface area contributed by atoms with Gasteiger partial charge in [0.25, 0.3) is 0 Å². The molecule has 1 N–H and O–H groups in total. The third-order valence-corrected chi connectivity index (χ3v) is 4.37. The van der Waals surface area contributed by atoms with E-state index < -0.39 is 0 Å². The summed E-state index contributed by atoms with van der Waals surface area (Å²) in [7, 11) is 0. The van der Waals surface area contributed by atoms with Crippen molar-refractivity contribution in [3.8, 4) is 0 Å². The van der Waals surface area contributed by atoms with Crippen molar-refractivity contribution < 1.29 is 0 Å². The standard InChI is InChI=1S/C17H19N3/c1-2-6-13(7-3-1)16-9-4-10-17-19-15(12-20(16)17)14-8-5-11-18-14/h1-4,6-7,9-10,14-15,18H,5,8,11-12H2/t14-,15?/m0/s1. The third-order valence-electron chi connectivity index (χ3n) is 4.37. The molecular formula is C17H19N3. The summed E-state index contributed by atoms with van der Waals surface area (Å²) in [4.78, 5) is 7.28. The fraction of sp³-hybridized carbons (Fsp3) is 0.353. The largest absolute Gasteiger partial charge is 0.324 e. The van der Waals surface area contributed by atoms with Crippen LogP contribution in [0.2, 0.25) is 0 Å². The Hall–Kier alpha value is -1.87. The first-order valence-corrected chi connectivity index (χ1v) is 7.44. The van der Waals surface area contributed by atoms with E-state index in [0.717, 1.165) is 18.9 Å². The Labute approximate surface area is 119 Å². The molecule has 3 nitrogen and oxygen atoms in total. The van der Waals surface area contributed by atoms with Gasteiger partial charge in [-0.25, -0.2) is 0 Å². The van der Waals surface area contributed by atoms with Crippen LogP contribution in [0.1, 0.15) is 18.4 Å². The summed E-state index contributed by atoms with van der Waals surface area (Å²) in [6.45, 7) is 2.14. The number of benzene rings is 1. The first kappa shape index (κ1) is 11.9. The van der Waals surface area contributed by atoms with Crippen LogP contribution < -0.4 is 5.32 Å². The normalized spacial score (nSPS) is 28.3. The molecule has 0 aliphatic carbocycles. The van der Waals surface area contributed by atoms with Crippen LogP contribution in [-0.2, 0) is 0 Å². The van der Waals surface area contributed by atoms with Crippen molar-refractivity contribution in [3.05, 3.63) is 54.1 Å². The maximum atomic E-state index is 4.92. The Morgan fingerprint density at radius 3 is 2.90 bits per heavy atom. The molecule has 1 saturated heterocycles.